The van der Waals surface area contributed by atoms with Crippen LogP contribution in [0.15, 0.2) is 0 Å². The number of hydrogen-bond acceptors (Lipinski definition) is 2. The lowest BCUT2D eigenvalue weighted by Gasteiger charge is -2.21. The van der Waals surface area contributed by atoms with Crippen LogP contribution in [0.3, 0.4) is 0 Å². The third-order valence-electron chi connectivity index (χ3n) is 1.56. The van der Waals surface area contributed by atoms with E-state index in [9.17, 15) is 5.11 Å². The lowest BCUT2D eigenvalue weighted by atomic mass is 10.1. The first-order valence-corrected chi connectivity index (χ1v) is 3.53. The van der Waals surface area contributed by atoms with E-state index in [0.29, 0.717) is 0 Å². The molecule has 56 valence electrons. The van der Waals surface area contributed by atoms with Gasteiger partial charge in [-0.25, -0.2) is 0 Å². The Bertz CT molecular complexity index is 71.3. The molecule has 0 aromatic carbocycles. The standard InChI is InChI=1S/C7H17NO/c1-4-5-6-7(2,9)8-3/h8-9H,4-6H2,1-3H3. The second kappa shape index (κ2) is 3.85. The summed E-state index contributed by atoms with van der Waals surface area (Å²) in [5.74, 6) is 0. The third-order valence-corrected chi connectivity index (χ3v) is 1.56. The van der Waals surface area contributed by atoms with E-state index in [2.05, 4.69) is 12.2 Å². The molecule has 1 atom stereocenters. The maximum Gasteiger partial charge on any atom is 0.112 e. The van der Waals surface area contributed by atoms with Crippen molar-refractivity contribution in [2.24, 2.45) is 0 Å². The lowest BCUT2D eigenvalue weighted by Crippen LogP contribution is -2.39. The molecule has 0 aliphatic heterocycles. The van der Waals surface area contributed by atoms with E-state index in [1.54, 1.807) is 14.0 Å². The predicted molar refractivity (Wildman–Crippen MR) is 39.2 cm³/mol. The topological polar surface area (TPSA) is 32.3 Å². The Labute approximate surface area is 57.3 Å². The molecule has 0 aliphatic rings. The van der Waals surface area contributed by atoms with Crippen LogP contribution in [0.4, 0.5) is 0 Å². The van der Waals surface area contributed by atoms with Crippen molar-refractivity contribution in [3.8, 4) is 0 Å². The van der Waals surface area contributed by atoms with Gasteiger partial charge in [0.2, 0.25) is 0 Å². The summed E-state index contributed by atoms with van der Waals surface area (Å²) in [7, 11) is 1.77. The maximum absolute atomic E-state index is 9.34. The van der Waals surface area contributed by atoms with Crippen molar-refractivity contribution in [3.05, 3.63) is 0 Å². The highest BCUT2D eigenvalue weighted by Gasteiger charge is 2.14. The Morgan fingerprint density at radius 1 is 1.56 bits per heavy atom. The van der Waals surface area contributed by atoms with Crippen LogP contribution in [0.25, 0.3) is 0 Å². The number of aliphatic hydroxyl groups is 1. The van der Waals surface area contributed by atoms with Gasteiger partial charge in [0.1, 0.15) is 5.72 Å². The van der Waals surface area contributed by atoms with E-state index in [0.717, 1.165) is 19.3 Å². The molecule has 0 amide bonds. The fourth-order valence-electron chi connectivity index (χ4n) is 0.646. The van der Waals surface area contributed by atoms with Crippen LogP contribution in [0.2, 0.25) is 0 Å². The number of rotatable bonds is 4. The fraction of sp³-hybridized carbons (Fsp3) is 1.00. The summed E-state index contributed by atoms with van der Waals surface area (Å²) in [6.45, 7) is 3.91. The summed E-state index contributed by atoms with van der Waals surface area (Å²) in [5, 5.41) is 12.2. The van der Waals surface area contributed by atoms with Crippen LogP contribution in [0, 0.1) is 0 Å². The van der Waals surface area contributed by atoms with Gasteiger partial charge in [0.15, 0.2) is 0 Å². The van der Waals surface area contributed by atoms with Crippen LogP contribution >= 0.6 is 0 Å². The summed E-state index contributed by atoms with van der Waals surface area (Å²) in [6.07, 6.45) is 3.05. The molecule has 1 unspecified atom stereocenters. The summed E-state index contributed by atoms with van der Waals surface area (Å²) in [5.41, 5.74) is -0.657. The van der Waals surface area contributed by atoms with Crippen LogP contribution in [0.1, 0.15) is 33.1 Å². The molecule has 2 nitrogen and oxygen atoms in total. The van der Waals surface area contributed by atoms with Crippen molar-refractivity contribution in [2.45, 2.75) is 38.8 Å². The monoisotopic (exact) mass is 131 g/mol. The van der Waals surface area contributed by atoms with Gasteiger partial charge in [0.05, 0.1) is 0 Å². The van der Waals surface area contributed by atoms with E-state index in [-0.39, 0.29) is 0 Å². The Morgan fingerprint density at radius 2 is 2.11 bits per heavy atom. The van der Waals surface area contributed by atoms with Crippen molar-refractivity contribution < 1.29 is 5.11 Å². The van der Waals surface area contributed by atoms with Gasteiger partial charge in [-0.3, -0.25) is 5.32 Å². The van der Waals surface area contributed by atoms with E-state index < -0.39 is 5.72 Å². The second-order valence-corrected chi connectivity index (χ2v) is 2.63. The zero-order valence-corrected chi connectivity index (χ0v) is 6.57. The maximum atomic E-state index is 9.34. The molecular formula is C7H17NO. The highest BCUT2D eigenvalue weighted by molar-refractivity contribution is 4.65. The molecule has 0 saturated carbocycles. The van der Waals surface area contributed by atoms with Crippen LogP contribution < -0.4 is 5.32 Å². The molecule has 2 N–H and O–H groups in total. The summed E-state index contributed by atoms with van der Waals surface area (Å²) in [6, 6.07) is 0. The molecule has 0 rings (SSSR count). The van der Waals surface area contributed by atoms with E-state index in [1.807, 2.05) is 0 Å². The lowest BCUT2D eigenvalue weighted by molar-refractivity contribution is 0.0214. The van der Waals surface area contributed by atoms with Crippen molar-refractivity contribution in [3.63, 3.8) is 0 Å². The first-order chi connectivity index (χ1) is 4.12. The van der Waals surface area contributed by atoms with Crippen LogP contribution in [0.5, 0.6) is 0 Å². The largest absolute Gasteiger partial charge is 0.376 e. The van der Waals surface area contributed by atoms with Gasteiger partial charge in [-0.2, -0.15) is 0 Å². The molecule has 0 aromatic heterocycles. The minimum atomic E-state index is -0.657. The molecular weight excluding hydrogens is 114 g/mol. The SMILES string of the molecule is CCCCC(C)(O)NC. The predicted octanol–water partition coefficient (Wildman–Crippen LogP) is 1.10. The van der Waals surface area contributed by atoms with Crippen molar-refractivity contribution in [1.29, 1.82) is 0 Å². The molecule has 2 heteroatoms. The Kier molecular flexibility index (Phi) is 3.82. The average molecular weight is 131 g/mol. The molecule has 0 radical (unpaired) electrons. The van der Waals surface area contributed by atoms with Gasteiger partial charge in [-0.15, -0.1) is 0 Å². The first-order valence-electron chi connectivity index (χ1n) is 3.53. The van der Waals surface area contributed by atoms with Gasteiger partial charge >= 0.3 is 0 Å². The van der Waals surface area contributed by atoms with Gasteiger partial charge in [0, 0.05) is 0 Å². The summed E-state index contributed by atoms with van der Waals surface area (Å²) >= 11 is 0. The van der Waals surface area contributed by atoms with Crippen molar-refractivity contribution in [1.82, 2.24) is 5.32 Å². The first kappa shape index (κ1) is 8.92. The zero-order valence-electron chi connectivity index (χ0n) is 6.57. The third kappa shape index (κ3) is 4.43. The number of nitrogens with one attached hydrogen (secondary N) is 1. The fourth-order valence-corrected chi connectivity index (χ4v) is 0.646. The Hall–Kier alpha value is -0.0800. The summed E-state index contributed by atoms with van der Waals surface area (Å²) < 4.78 is 0. The van der Waals surface area contributed by atoms with Crippen molar-refractivity contribution >= 4 is 0 Å². The molecule has 0 aromatic rings. The van der Waals surface area contributed by atoms with E-state index in [1.165, 1.54) is 0 Å². The van der Waals surface area contributed by atoms with Gasteiger partial charge in [-0.1, -0.05) is 13.3 Å². The Morgan fingerprint density at radius 3 is 2.44 bits per heavy atom. The van der Waals surface area contributed by atoms with Gasteiger partial charge < -0.3 is 5.11 Å². The second-order valence-electron chi connectivity index (χ2n) is 2.63. The summed E-state index contributed by atoms with van der Waals surface area (Å²) in [4.78, 5) is 0. The molecule has 0 heterocycles. The van der Waals surface area contributed by atoms with E-state index >= 15 is 0 Å². The minimum absolute atomic E-state index is 0.657. The number of unbranched alkanes of at least 4 members (excludes halogenated alkanes) is 1. The van der Waals surface area contributed by atoms with Crippen LogP contribution in [-0.4, -0.2) is 17.9 Å². The smallest absolute Gasteiger partial charge is 0.112 e. The Balaban J connectivity index is 3.33. The quantitative estimate of drug-likeness (QED) is 0.560. The van der Waals surface area contributed by atoms with Gasteiger partial charge in [0.25, 0.3) is 0 Å². The minimum Gasteiger partial charge on any atom is -0.376 e. The highest BCUT2D eigenvalue weighted by atomic mass is 16.3. The van der Waals surface area contributed by atoms with E-state index in [4.69, 9.17) is 0 Å². The molecule has 9 heavy (non-hydrogen) atoms. The van der Waals surface area contributed by atoms with Crippen molar-refractivity contribution in [2.75, 3.05) is 7.05 Å². The average Bonchev–Trinajstić information content (AvgIpc) is 1.84. The molecule has 0 spiro atoms. The van der Waals surface area contributed by atoms with Gasteiger partial charge in [-0.05, 0) is 26.8 Å². The zero-order chi connectivity index (χ0) is 7.33. The normalized spacial score (nSPS) is 17.3. The highest BCUT2D eigenvalue weighted by Crippen LogP contribution is 2.07. The molecule has 0 saturated heterocycles. The molecule has 0 fully saturated rings. The number of hydrogen-bond donors (Lipinski definition) is 2. The van der Waals surface area contributed by atoms with Crippen LogP contribution in [-0.2, 0) is 0 Å². The molecule has 0 bridgehead atoms. The molecule has 0 aliphatic carbocycles.